The van der Waals surface area contributed by atoms with Gasteiger partial charge >= 0.3 is 12.2 Å². The number of nitrogen functional groups attached to an aromatic ring is 1. The molecule has 2 aromatic heterocycles. The van der Waals surface area contributed by atoms with Crippen LogP contribution < -0.4 is 21.5 Å². The number of ether oxygens (including phenoxy) is 2. The Balaban J connectivity index is 1.50. The quantitative estimate of drug-likeness (QED) is 0.424. The SMILES string of the molecule is COC(=N)c1cc(N2CCC3C(C2)OCCN3C(=O)Nc2cc(C(F)(F)F)cn(C)c2=O)cnc1N. The van der Waals surface area contributed by atoms with E-state index in [0.29, 0.717) is 43.0 Å². The molecule has 194 valence electrons. The van der Waals surface area contributed by atoms with E-state index in [1.165, 1.54) is 19.1 Å². The van der Waals surface area contributed by atoms with Crippen LogP contribution in [0.3, 0.4) is 0 Å². The van der Waals surface area contributed by atoms with Crippen molar-refractivity contribution in [3.8, 4) is 0 Å². The number of nitrogens with one attached hydrogen (secondary N) is 2. The Bertz CT molecular complexity index is 1230. The van der Waals surface area contributed by atoms with Crippen LogP contribution in [0.4, 0.5) is 35.2 Å². The maximum atomic E-state index is 13.2. The van der Waals surface area contributed by atoms with E-state index in [-0.39, 0.29) is 37.0 Å². The normalized spacial score (nSPS) is 20.0. The number of nitrogens with zero attached hydrogens (tertiary/aromatic N) is 4. The highest BCUT2D eigenvalue weighted by molar-refractivity contribution is 5.97. The fourth-order valence-corrected chi connectivity index (χ4v) is 4.45. The van der Waals surface area contributed by atoms with Gasteiger partial charge in [-0.3, -0.25) is 10.2 Å². The van der Waals surface area contributed by atoms with Crippen molar-refractivity contribution >= 4 is 29.1 Å². The van der Waals surface area contributed by atoms with Crippen LogP contribution in [0, 0.1) is 5.41 Å². The molecule has 4 N–H and O–H groups in total. The molecule has 36 heavy (non-hydrogen) atoms. The van der Waals surface area contributed by atoms with E-state index in [4.69, 9.17) is 20.6 Å². The summed E-state index contributed by atoms with van der Waals surface area (Å²) in [6.45, 7) is 1.38. The predicted molar refractivity (Wildman–Crippen MR) is 125 cm³/mol. The molecule has 0 bridgehead atoms. The second-order valence-electron chi connectivity index (χ2n) is 8.55. The Morgan fingerprint density at radius 2 is 2.08 bits per heavy atom. The summed E-state index contributed by atoms with van der Waals surface area (Å²) < 4.78 is 51.2. The smallest absolute Gasteiger partial charge is 0.417 e. The third kappa shape index (κ3) is 4.94. The lowest BCUT2D eigenvalue weighted by atomic mass is 9.98. The molecule has 4 heterocycles. The average Bonchev–Trinajstić information content (AvgIpc) is 2.85. The number of halogens is 3. The van der Waals surface area contributed by atoms with E-state index in [2.05, 4.69) is 10.3 Å². The van der Waals surface area contributed by atoms with Crippen molar-refractivity contribution < 1.29 is 27.4 Å². The van der Waals surface area contributed by atoms with Gasteiger partial charge in [0.15, 0.2) is 0 Å². The summed E-state index contributed by atoms with van der Waals surface area (Å²) in [5.74, 6) is 0.0483. The van der Waals surface area contributed by atoms with Crippen molar-refractivity contribution in [1.29, 1.82) is 5.41 Å². The molecule has 2 aromatic rings. The van der Waals surface area contributed by atoms with Gasteiger partial charge in [-0.25, -0.2) is 9.78 Å². The first kappa shape index (κ1) is 25.3. The lowest BCUT2D eigenvalue weighted by Crippen LogP contribution is -2.61. The van der Waals surface area contributed by atoms with Gasteiger partial charge in [0.1, 0.15) is 11.5 Å². The van der Waals surface area contributed by atoms with Crippen molar-refractivity contribution in [2.75, 3.05) is 49.3 Å². The van der Waals surface area contributed by atoms with Gasteiger partial charge in [-0.05, 0) is 18.6 Å². The molecule has 2 atom stereocenters. The number of pyridine rings is 2. The Labute approximate surface area is 204 Å². The Kier molecular flexibility index (Phi) is 6.80. The van der Waals surface area contributed by atoms with Gasteiger partial charge in [0, 0.05) is 32.9 Å². The number of urea groups is 1. The third-order valence-corrected chi connectivity index (χ3v) is 6.32. The summed E-state index contributed by atoms with van der Waals surface area (Å²) >= 11 is 0. The first-order valence-electron chi connectivity index (χ1n) is 11.1. The zero-order valence-corrected chi connectivity index (χ0v) is 19.6. The minimum Gasteiger partial charge on any atom is -0.481 e. The number of amides is 2. The van der Waals surface area contributed by atoms with Crippen molar-refractivity contribution in [2.24, 2.45) is 7.05 Å². The molecular formula is C22H26F3N7O4. The van der Waals surface area contributed by atoms with Gasteiger partial charge in [-0.2, -0.15) is 13.2 Å². The highest BCUT2D eigenvalue weighted by atomic mass is 19.4. The summed E-state index contributed by atoms with van der Waals surface area (Å²) in [6.07, 6.45) is -2.28. The number of nitrogens with two attached hydrogens (primary N) is 1. The molecule has 4 rings (SSSR count). The predicted octanol–water partition coefficient (Wildman–Crippen LogP) is 1.86. The van der Waals surface area contributed by atoms with Crippen molar-refractivity contribution in [3.63, 3.8) is 0 Å². The van der Waals surface area contributed by atoms with Crippen LogP contribution in [-0.4, -0.2) is 71.9 Å². The van der Waals surface area contributed by atoms with Crippen LogP contribution in [-0.2, 0) is 22.7 Å². The van der Waals surface area contributed by atoms with E-state index < -0.39 is 29.0 Å². The van der Waals surface area contributed by atoms with E-state index in [1.54, 1.807) is 12.3 Å². The Hall–Kier alpha value is -3.81. The number of carbonyl (C=O) groups excluding carboxylic acids is 1. The molecule has 2 aliphatic heterocycles. The van der Waals surface area contributed by atoms with E-state index in [9.17, 15) is 22.8 Å². The van der Waals surface area contributed by atoms with Crippen LogP contribution in [0.1, 0.15) is 17.5 Å². The molecule has 11 nitrogen and oxygen atoms in total. The molecule has 0 aromatic carbocycles. The van der Waals surface area contributed by atoms with E-state index in [0.717, 1.165) is 4.57 Å². The molecule has 2 saturated heterocycles. The molecule has 2 amide bonds. The molecule has 0 spiro atoms. The van der Waals surface area contributed by atoms with Crippen LogP contribution in [0.5, 0.6) is 0 Å². The molecule has 2 fully saturated rings. The fraction of sp³-hybridized carbons (Fsp3) is 0.455. The number of methoxy groups -OCH3 is 1. The monoisotopic (exact) mass is 509 g/mol. The number of alkyl halides is 3. The Morgan fingerprint density at radius 1 is 1.33 bits per heavy atom. The number of carbonyl (C=O) groups is 1. The topological polar surface area (TPSA) is 139 Å². The van der Waals surface area contributed by atoms with Gasteiger partial charge in [-0.15, -0.1) is 0 Å². The number of morpholine rings is 1. The number of anilines is 3. The second-order valence-corrected chi connectivity index (χ2v) is 8.55. The number of hydrogen-bond donors (Lipinski definition) is 3. The summed E-state index contributed by atoms with van der Waals surface area (Å²) in [5.41, 5.74) is 4.69. The maximum Gasteiger partial charge on any atom is 0.417 e. The minimum absolute atomic E-state index is 0.116. The number of piperidine rings is 1. The number of rotatable bonds is 3. The first-order valence-corrected chi connectivity index (χ1v) is 11.1. The van der Waals surface area contributed by atoms with E-state index >= 15 is 0 Å². The summed E-state index contributed by atoms with van der Waals surface area (Å²) in [7, 11) is 2.56. The standard InChI is InChI=1S/C22H26F3N7O4/c1-30-10-12(22(23,24)25)7-15(20(30)33)29-21(34)32-5-6-36-17-11-31(4-3-16(17)32)13-8-14(19(27)35-2)18(26)28-9-13/h7-10,16-17,27H,3-6,11H2,1-2H3,(H2,26,28)(H,29,34). The summed E-state index contributed by atoms with van der Waals surface area (Å²) in [6, 6.07) is 1.33. The van der Waals surface area contributed by atoms with Crippen molar-refractivity contribution in [2.45, 2.75) is 24.7 Å². The highest BCUT2D eigenvalue weighted by Gasteiger charge is 2.40. The van der Waals surface area contributed by atoms with Gasteiger partial charge in [0.25, 0.3) is 5.56 Å². The molecule has 0 saturated carbocycles. The first-order chi connectivity index (χ1) is 17.0. The van der Waals surface area contributed by atoms with Gasteiger partial charge in [0.2, 0.25) is 5.90 Å². The lowest BCUT2D eigenvalue weighted by molar-refractivity contribution is -0.138. The zero-order chi connectivity index (χ0) is 26.2. The van der Waals surface area contributed by atoms with Crippen LogP contribution in [0.2, 0.25) is 0 Å². The molecule has 2 unspecified atom stereocenters. The minimum atomic E-state index is -4.67. The maximum absolute atomic E-state index is 13.2. The fourth-order valence-electron chi connectivity index (χ4n) is 4.45. The largest absolute Gasteiger partial charge is 0.481 e. The summed E-state index contributed by atoms with van der Waals surface area (Å²) in [4.78, 5) is 33.0. The van der Waals surface area contributed by atoms with Gasteiger partial charge < -0.3 is 34.9 Å². The molecular weight excluding hydrogens is 483 g/mol. The van der Waals surface area contributed by atoms with Crippen LogP contribution >= 0.6 is 0 Å². The van der Waals surface area contributed by atoms with Gasteiger partial charge in [0.05, 0.1) is 48.9 Å². The van der Waals surface area contributed by atoms with Crippen molar-refractivity contribution in [1.82, 2.24) is 14.5 Å². The highest BCUT2D eigenvalue weighted by Crippen LogP contribution is 2.31. The third-order valence-electron chi connectivity index (χ3n) is 6.32. The van der Waals surface area contributed by atoms with Crippen LogP contribution in [0.25, 0.3) is 0 Å². The number of hydrogen-bond acceptors (Lipinski definition) is 8. The van der Waals surface area contributed by atoms with E-state index in [1.807, 2.05) is 4.90 Å². The van der Waals surface area contributed by atoms with Crippen LogP contribution in [0.15, 0.2) is 29.3 Å². The molecule has 2 aliphatic rings. The van der Waals surface area contributed by atoms with Gasteiger partial charge in [-0.1, -0.05) is 0 Å². The Morgan fingerprint density at radius 3 is 2.78 bits per heavy atom. The molecule has 14 heteroatoms. The number of aromatic nitrogens is 2. The molecule has 0 aliphatic carbocycles. The number of aryl methyl sites for hydroxylation is 1. The average molecular weight is 509 g/mol. The lowest BCUT2D eigenvalue weighted by Gasteiger charge is -2.47. The molecule has 0 radical (unpaired) electrons. The van der Waals surface area contributed by atoms with Crippen molar-refractivity contribution in [3.05, 3.63) is 46.0 Å². The second kappa shape index (κ2) is 9.68. The summed E-state index contributed by atoms with van der Waals surface area (Å²) in [5, 5.41) is 10.3. The number of fused-ring (bicyclic) bond motifs is 1. The zero-order valence-electron chi connectivity index (χ0n) is 19.6.